The van der Waals surface area contributed by atoms with E-state index in [-0.39, 0.29) is 0 Å². The van der Waals surface area contributed by atoms with Gasteiger partial charge < -0.3 is 10.2 Å². The summed E-state index contributed by atoms with van der Waals surface area (Å²) >= 11 is 5.28. The van der Waals surface area contributed by atoms with Crippen LogP contribution in [-0.2, 0) is 0 Å². The summed E-state index contributed by atoms with van der Waals surface area (Å²) in [4.78, 5) is 3.57. The predicted octanol–water partition coefficient (Wildman–Crippen LogP) is 1.31. The highest BCUT2D eigenvalue weighted by Crippen LogP contribution is 2.05. The van der Waals surface area contributed by atoms with Gasteiger partial charge in [0.25, 0.3) is 0 Å². The Labute approximate surface area is 86.7 Å². The van der Waals surface area contributed by atoms with Gasteiger partial charge >= 0.3 is 0 Å². The van der Waals surface area contributed by atoms with Gasteiger partial charge in [0.2, 0.25) is 0 Å². The zero-order valence-electron chi connectivity index (χ0n) is 8.84. The number of nitrogens with zero attached hydrogens (tertiary/aromatic N) is 1. The van der Waals surface area contributed by atoms with Crippen LogP contribution in [0.15, 0.2) is 0 Å². The van der Waals surface area contributed by atoms with Crippen molar-refractivity contribution in [2.45, 2.75) is 26.3 Å². The molecule has 13 heavy (non-hydrogen) atoms. The monoisotopic (exact) mass is 200 g/mol. The van der Waals surface area contributed by atoms with E-state index in [9.17, 15) is 0 Å². The van der Waals surface area contributed by atoms with Crippen molar-refractivity contribution < 1.29 is 0 Å². The third-order valence-corrected chi connectivity index (χ3v) is 2.81. The Hall–Kier alpha value is 0.01000. The van der Waals surface area contributed by atoms with Crippen LogP contribution in [-0.4, -0.2) is 42.5 Å². The highest BCUT2D eigenvalue weighted by molar-refractivity contribution is 7.80. The minimum atomic E-state index is 0.457. The molecule has 0 saturated carbocycles. The molecule has 1 aliphatic heterocycles. The van der Waals surface area contributed by atoms with Crippen molar-refractivity contribution in [3.8, 4) is 0 Å². The summed E-state index contributed by atoms with van der Waals surface area (Å²) in [5.74, 6) is 0.736. The van der Waals surface area contributed by atoms with E-state index in [0.717, 1.165) is 32.0 Å². The molecule has 0 aliphatic carbocycles. The van der Waals surface area contributed by atoms with Crippen LogP contribution in [0.1, 0.15) is 20.3 Å². The second-order valence-corrected chi connectivity index (χ2v) is 4.86. The molecule has 0 amide bonds. The molecule has 1 heterocycles. The van der Waals surface area contributed by atoms with E-state index in [0.29, 0.717) is 6.04 Å². The van der Waals surface area contributed by atoms with E-state index >= 15 is 0 Å². The fraction of sp³-hybridized carbons (Fsp3) is 0.900. The molecule has 1 aliphatic rings. The van der Waals surface area contributed by atoms with Crippen LogP contribution in [0, 0.1) is 5.92 Å². The SMILES string of the molecule is CC(C)CN(C)CC1NCCC1=S. The Morgan fingerprint density at radius 3 is 2.77 bits per heavy atom. The second kappa shape index (κ2) is 5.03. The zero-order valence-corrected chi connectivity index (χ0v) is 9.66. The van der Waals surface area contributed by atoms with Crippen molar-refractivity contribution in [1.29, 1.82) is 0 Å². The number of rotatable bonds is 4. The first-order chi connectivity index (χ1) is 6.09. The average molecular weight is 200 g/mol. The molecule has 0 spiro atoms. The Kier molecular flexibility index (Phi) is 4.29. The summed E-state index contributed by atoms with van der Waals surface area (Å²) in [7, 11) is 2.17. The third-order valence-electron chi connectivity index (χ3n) is 2.32. The fourth-order valence-electron chi connectivity index (χ4n) is 1.83. The van der Waals surface area contributed by atoms with Gasteiger partial charge in [-0.05, 0) is 19.4 Å². The van der Waals surface area contributed by atoms with Crippen molar-refractivity contribution >= 4 is 17.1 Å². The summed E-state index contributed by atoms with van der Waals surface area (Å²) in [6, 6.07) is 0.457. The summed E-state index contributed by atoms with van der Waals surface area (Å²) in [5.41, 5.74) is 0. The van der Waals surface area contributed by atoms with Gasteiger partial charge in [-0.1, -0.05) is 26.1 Å². The zero-order chi connectivity index (χ0) is 9.84. The van der Waals surface area contributed by atoms with Crippen molar-refractivity contribution in [2.24, 2.45) is 5.92 Å². The van der Waals surface area contributed by atoms with Crippen LogP contribution in [0.3, 0.4) is 0 Å². The van der Waals surface area contributed by atoms with Gasteiger partial charge in [0, 0.05) is 24.5 Å². The van der Waals surface area contributed by atoms with Crippen LogP contribution in [0.2, 0.25) is 0 Å². The van der Waals surface area contributed by atoms with E-state index in [1.807, 2.05) is 0 Å². The molecule has 2 nitrogen and oxygen atoms in total. The smallest absolute Gasteiger partial charge is 0.0513 e. The van der Waals surface area contributed by atoms with Gasteiger partial charge in [-0.25, -0.2) is 0 Å². The molecule has 1 atom stereocenters. The summed E-state index contributed by atoms with van der Waals surface area (Å²) in [5, 5.41) is 3.43. The molecule has 0 aromatic heterocycles. The Morgan fingerprint density at radius 1 is 1.62 bits per heavy atom. The Balaban J connectivity index is 2.27. The van der Waals surface area contributed by atoms with Crippen LogP contribution in [0.5, 0.6) is 0 Å². The number of thiocarbonyl (C=S) groups is 1. The van der Waals surface area contributed by atoms with E-state index < -0.39 is 0 Å². The van der Waals surface area contributed by atoms with Gasteiger partial charge in [0.1, 0.15) is 0 Å². The largest absolute Gasteiger partial charge is 0.308 e. The molecule has 1 N–H and O–H groups in total. The van der Waals surface area contributed by atoms with Gasteiger partial charge in [0.05, 0.1) is 6.04 Å². The molecule has 3 heteroatoms. The summed E-state index contributed by atoms with van der Waals surface area (Å²) in [6.07, 6.45) is 1.08. The fourth-order valence-corrected chi connectivity index (χ4v) is 2.09. The first-order valence-corrected chi connectivity index (χ1v) is 5.45. The maximum absolute atomic E-state index is 5.28. The Bertz CT molecular complexity index is 180. The number of nitrogens with one attached hydrogen (secondary N) is 1. The third kappa shape index (κ3) is 3.71. The minimum absolute atomic E-state index is 0.457. The van der Waals surface area contributed by atoms with Crippen molar-refractivity contribution in [1.82, 2.24) is 10.2 Å². The maximum Gasteiger partial charge on any atom is 0.0513 e. The lowest BCUT2D eigenvalue weighted by molar-refractivity contribution is 0.286. The molecule has 0 aromatic carbocycles. The normalized spacial score (nSPS) is 23.5. The first kappa shape index (κ1) is 11.1. The molecule has 1 saturated heterocycles. The quantitative estimate of drug-likeness (QED) is 0.689. The minimum Gasteiger partial charge on any atom is -0.308 e. The lowest BCUT2D eigenvalue weighted by atomic mass is 10.2. The molecule has 76 valence electrons. The number of hydrogen-bond acceptors (Lipinski definition) is 3. The number of likely N-dealkylation sites (N-methyl/N-ethyl adjacent to an activating group) is 1. The van der Waals surface area contributed by atoms with Crippen LogP contribution in [0.4, 0.5) is 0 Å². The molecule has 0 bridgehead atoms. The van der Waals surface area contributed by atoms with E-state index in [1.54, 1.807) is 0 Å². The molecule has 1 rings (SSSR count). The van der Waals surface area contributed by atoms with Gasteiger partial charge in [-0.15, -0.1) is 0 Å². The lowest BCUT2D eigenvalue weighted by Crippen LogP contribution is -2.39. The average Bonchev–Trinajstić information content (AvgIpc) is 2.34. The highest BCUT2D eigenvalue weighted by atomic mass is 32.1. The van der Waals surface area contributed by atoms with Crippen molar-refractivity contribution in [3.05, 3.63) is 0 Å². The Morgan fingerprint density at radius 2 is 2.31 bits per heavy atom. The molecule has 1 unspecified atom stereocenters. The van der Waals surface area contributed by atoms with Crippen molar-refractivity contribution in [3.63, 3.8) is 0 Å². The molecular formula is C10H20N2S. The van der Waals surface area contributed by atoms with Gasteiger partial charge in [0.15, 0.2) is 0 Å². The maximum atomic E-state index is 5.28. The van der Waals surface area contributed by atoms with E-state index in [2.05, 4.69) is 31.1 Å². The second-order valence-electron chi connectivity index (χ2n) is 4.34. The van der Waals surface area contributed by atoms with Gasteiger partial charge in [-0.3, -0.25) is 0 Å². The summed E-state index contributed by atoms with van der Waals surface area (Å²) in [6.45, 7) is 7.78. The molecule has 1 fully saturated rings. The molecular weight excluding hydrogens is 180 g/mol. The van der Waals surface area contributed by atoms with Crippen LogP contribution < -0.4 is 5.32 Å². The molecule has 0 radical (unpaired) electrons. The lowest BCUT2D eigenvalue weighted by Gasteiger charge is -2.22. The van der Waals surface area contributed by atoms with Crippen LogP contribution in [0.25, 0.3) is 0 Å². The van der Waals surface area contributed by atoms with E-state index in [1.165, 1.54) is 4.86 Å². The predicted molar refractivity (Wildman–Crippen MR) is 61.3 cm³/mol. The standard InChI is InChI=1S/C10H20N2S/c1-8(2)6-12(3)7-9-10(13)4-5-11-9/h8-9,11H,4-7H2,1-3H3. The van der Waals surface area contributed by atoms with E-state index in [4.69, 9.17) is 12.2 Å². The summed E-state index contributed by atoms with van der Waals surface area (Å²) < 4.78 is 0. The first-order valence-electron chi connectivity index (χ1n) is 5.04. The van der Waals surface area contributed by atoms with Gasteiger partial charge in [-0.2, -0.15) is 0 Å². The number of hydrogen-bond donors (Lipinski definition) is 1. The highest BCUT2D eigenvalue weighted by Gasteiger charge is 2.21. The molecule has 0 aromatic rings. The topological polar surface area (TPSA) is 15.3 Å². The van der Waals surface area contributed by atoms with Crippen LogP contribution >= 0.6 is 12.2 Å². The van der Waals surface area contributed by atoms with Crippen molar-refractivity contribution in [2.75, 3.05) is 26.7 Å².